The summed E-state index contributed by atoms with van der Waals surface area (Å²) in [6, 6.07) is 9.11. The van der Waals surface area contributed by atoms with Gasteiger partial charge < -0.3 is 10.8 Å². The highest BCUT2D eigenvalue weighted by molar-refractivity contribution is 7.98. The van der Waals surface area contributed by atoms with E-state index in [2.05, 4.69) is 20.2 Å². The number of benzene rings is 1. The molecule has 0 aliphatic carbocycles. The van der Waals surface area contributed by atoms with Crippen molar-refractivity contribution in [2.45, 2.75) is 10.9 Å². The van der Waals surface area contributed by atoms with Crippen LogP contribution in [0.5, 0.6) is 0 Å². The summed E-state index contributed by atoms with van der Waals surface area (Å²) in [7, 11) is 0. The number of nitrogen functional groups attached to an aromatic ring is 1. The maximum absolute atomic E-state index is 12.0. The van der Waals surface area contributed by atoms with Crippen molar-refractivity contribution < 1.29 is 0 Å². The molecule has 126 valence electrons. The number of H-pyrrole nitrogens is 1. The Labute approximate surface area is 154 Å². The maximum atomic E-state index is 12.0. The van der Waals surface area contributed by atoms with Crippen molar-refractivity contribution >= 4 is 44.9 Å². The largest absolute Gasteiger partial charge is 0.335 e. The molecule has 1 aromatic carbocycles. The summed E-state index contributed by atoms with van der Waals surface area (Å²) in [5, 5.41) is 11.1. The predicted octanol–water partition coefficient (Wildman–Crippen LogP) is 2.90. The van der Waals surface area contributed by atoms with Gasteiger partial charge in [0.1, 0.15) is 10.5 Å². The zero-order valence-electron chi connectivity index (χ0n) is 12.6. The van der Waals surface area contributed by atoms with E-state index >= 15 is 0 Å². The number of halogens is 1. The number of hydrogen-bond donors (Lipinski definition) is 2. The first kappa shape index (κ1) is 16.1. The number of nitrogens with two attached hydrogens (primary N) is 1. The normalized spacial score (nSPS) is 11.2. The number of fused-ring (bicyclic) bond motifs is 1. The Kier molecular flexibility index (Phi) is 4.20. The first-order valence-corrected chi connectivity index (χ1v) is 9.42. The molecule has 3 N–H and O–H groups in total. The van der Waals surface area contributed by atoms with Crippen LogP contribution >= 0.6 is 34.7 Å². The highest BCUT2D eigenvalue weighted by atomic mass is 35.5. The number of hydrogen-bond acceptors (Lipinski definition) is 7. The summed E-state index contributed by atoms with van der Waals surface area (Å²) in [5.41, 5.74) is 1.26. The van der Waals surface area contributed by atoms with Gasteiger partial charge in [-0.2, -0.15) is 0 Å². The van der Waals surface area contributed by atoms with Crippen LogP contribution in [-0.4, -0.2) is 24.8 Å². The molecule has 0 saturated heterocycles. The van der Waals surface area contributed by atoms with Gasteiger partial charge in [0.15, 0.2) is 5.82 Å². The Balaban J connectivity index is 1.59. The molecule has 4 rings (SSSR count). The molecule has 0 radical (unpaired) electrons. The zero-order valence-corrected chi connectivity index (χ0v) is 15.0. The van der Waals surface area contributed by atoms with Gasteiger partial charge in [-0.3, -0.25) is 4.79 Å². The smallest absolute Gasteiger partial charge is 0.268 e. The van der Waals surface area contributed by atoms with E-state index in [4.69, 9.17) is 17.4 Å². The average Bonchev–Trinajstić information content (AvgIpc) is 3.21. The second-order valence-corrected chi connectivity index (χ2v) is 7.36. The first-order valence-electron chi connectivity index (χ1n) is 7.18. The van der Waals surface area contributed by atoms with Crippen molar-refractivity contribution in [3.8, 4) is 11.4 Å². The Morgan fingerprint density at radius 3 is 2.96 bits per heavy atom. The molecule has 0 bridgehead atoms. The Morgan fingerprint density at radius 1 is 1.28 bits per heavy atom. The fourth-order valence-corrected chi connectivity index (χ4v) is 4.00. The number of nitrogens with one attached hydrogen (secondary N) is 1. The summed E-state index contributed by atoms with van der Waals surface area (Å²) in [6.07, 6.45) is 0. The molecule has 0 unspecified atom stereocenters. The molecule has 10 heteroatoms. The van der Waals surface area contributed by atoms with Gasteiger partial charge in [-0.05, 0) is 23.6 Å². The van der Waals surface area contributed by atoms with Crippen LogP contribution < -0.4 is 11.4 Å². The third kappa shape index (κ3) is 3.01. The van der Waals surface area contributed by atoms with E-state index in [9.17, 15) is 4.79 Å². The Morgan fingerprint density at radius 2 is 2.12 bits per heavy atom. The monoisotopic (exact) mass is 390 g/mol. The van der Waals surface area contributed by atoms with Crippen molar-refractivity contribution in [1.82, 2.24) is 24.8 Å². The van der Waals surface area contributed by atoms with Gasteiger partial charge in [0.05, 0.1) is 16.3 Å². The summed E-state index contributed by atoms with van der Waals surface area (Å²) in [5.74, 6) is 7.54. The van der Waals surface area contributed by atoms with Gasteiger partial charge in [-0.1, -0.05) is 35.5 Å². The van der Waals surface area contributed by atoms with Crippen molar-refractivity contribution in [1.29, 1.82) is 0 Å². The third-order valence-electron chi connectivity index (χ3n) is 3.48. The number of aromatic nitrogens is 5. The lowest BCUT2D eigenvalue weighted by Crippen LogP contribution is -2.12. The van der Waals surface area contributed by atoms with Crippen LogP contribution in [0.4, 0.5) is 0 Å². The second kappa shape index (κ2) is 6.51. The fraction of sp³-hybridized carbons (Fsp3) is 0.0667. The van der Waals surface area contributed by atoms with Crippen LogP contribution in [0, 0.1) is 0 Å². The maximum Gasteiger partial charge on any atom is 0.268 e. The van der Waals surface area contributed by atoms with Crippen LogP contribution in [0.1, 0.15) is 5.82 Å². The summed E-state index contributed by atoms with van der Waals surface area (Å²) >= 11 is 8.89. The van der Waals surface area contributed by atoms with Gasteiger partial charge in [-0.25, -0.2) is 9.66 Å². The quantitative estimate of drug-likeness (QED) is 0.410. The molecule has 0 fully saturated rings. The average molecular weight is 391 g/mol. The van der Waals surface area contributed by atoms with E-state index in [1.807, 2.05) is 29.6 Å². The standard InChI is InChI=1S/C15H11ClN6OS2/c16-9-4-2-1-3-8(9)13-20-21-15(22(13)17)25-7-11-18-10-5-6-24-12(10)14(23)19-11/h1-6H,7,17H2,(H,18,19,23). The number of aromatic amines is 1. The van der Waals surface area contributed by atoms with Crippen LogP contribution in [0.2, 0.25) is 5.02 Å². The SMILES string of the molecule is Nn1c(SCc2nc3ccsc3c(=O)[nH]2)nnc1-c1ccccc1Cl. The molecule has 4 aromatic rings. The number of nitrogens with zero attached hydrogens (tertiary/aromatic N) is 4. The van der Waals surface area contributed by atoms with E-state index < -0.39 is 0 Å². The van der Waals surface area contributed by atoms with Gasteiger partial charge in [0, 0.05) is 5.56 Å². The van der Waals surface area contributed by atoms with E-state index in [0.717, 1.165) is 0 Å². The molecule has 7 nitrogen and oxygen atoms in total. The predicted molar refractivity (Wildman–Crippen MR) is 100 cm³/mol. The molecule has 0 saturated carbocycles. The highest BCUT2D eigenvalue weighted by Crippen LogP contribution is 2.28. The molecule has 0 amide bonds. The van der Waals surface area contributed by atoms with Crippen LogP contribution in [0.15, 0.2) is 45.7 Å². The lowest BCUT2D eigenvalue weighted by molar-refractivity contribution is 0.848. The van der Waals surface area contributed by atoms with Crippen molar-refractivity contribution in [2.75, 3.05) is 5.84 Å². The summed E-state index contributed by atoms with van der Waals surface area (Å²) in [6.45, 7) is 0. The van der Waals surface area contributed by atoms with Gasteiger partial charge in [0.25, 0.3) is 5.56 Å². The molecule has 3 aromatic heterocycles. The molecule has 0 spiro atoms. The molecule has 0 atom stereocenters. The zero-order chi connectivity index (χ0) is 17.4. The molecule has 25 heavy (non-hydrogen) atoms. The van der Waals surface area contributed by atoms with Crippen LogP contribution in [0.25, 0.3) is 21.6 Å². The van der Waals surface area contributed by atoms with Crippen LogP contribution in [-0.2, 0) is 5.75 Å². The highest BCUT2D eigenvalue weighted by Gasteiger charge is 2.15. The van der Waals surface area contributed by atoms with E-state index in [1.165, 1.54) is 27.8 Å². The molecule has 3 heterocycles. The minimum atomic E-state index is -0.137. The Bertz CT molecular complexity index is 1120. The fourth-order valence-electron chi connectivity index (χ4n) is 2.32. The lowest BCUT2D eigenvalue weighted by Gasteiger charge is -2.05. The van der Waals surface area contributed by atoms with Crippen molar-refractivity contribution in [3.05, 3.63) is 56.9 Å². The lowest BCUT2D eigenvalue weighted by atomic mass is 10.2. The minimum Gasteiger partial charge on any atom is -0.335 e. The van der Waals surface area contributed by atoms with E-state index in [-0.39, 0.29) is 5.56 Å². The Hall–Kier alpha value is -2.36. The second-order valence-electron chi connectivity index (χ2n) is 5.09. The molecular weight excluding hydrogens is 380 g/mol. The first-order chi connectivity index (χ1) is 12.1. The van der Waals surface area contributed by atoms with E-state index in [0.29, 0.717) is 43.4 Å². The molecule has 0 aliphatic rings. The number of thioether (sulfide) groups is 1. The van der Waals surface area contributed by atoms with Gasteiger partial charge in [0.2, 0.25) is 5.16 Å². The minimum absolute atomic E-state index is 0.137. The number of rotatable bonds is 4. The van der Waals surface area contributed by atoms with Gasteiger partial charge >= 0.3 is 0 Å². The van der Waals surface area contributed by atoms with E-state index in [1.54, 1.807) is 6.07 Å². The van der Waals surface area contributed by atoms with Crippen molar-refractivity contribution in [3.63, 3.8) is 0 Å². The molecular formula is C15H11ClN6OS2. The van der Waals surface area contributed by atoms with Crippen molar-refractivity contribution in [2.24, 2.45) is 0 Å². The topological polar surface area (TPSA) is 102 Å². The number of thiophene rings is 1. The van der Waals surface area contributed by atoms with Gasteiger partial charge in [-0.15, -0.1) is 21.5 Å². The van der Waals surface area contributed by atoms with Crippen LogP contribution in [0.3, 0.4) is 0 Å². The summed E-state index contributed by atoms with van der Waals surface area (Å²) < 4.78 is 2.00. The summed E-state index contributed by atoms with van der Waals surface area (Å²) in [4.78, 5) is 19.2. The molecule has 0 aliphatic heterocycles. The third-order valence-corrected chi connectivity index (χ3v) is 5.67.